The number of hydrogen-bond acceptors (Lipinski definition) is 1. The Bertz CT molecular complexity index is 298. The quantitative estimate of drug-likeness (QED) is 0.776. The molecule has 1 aromatic carbocycles. The van der Waals surface area contributed by atoms with E-state index in [1.807, 2.05) is 32.0 Å². The zero-order valence-corrected chi connectivity index (χ0v) is 9.07. The lowest BCUT2D eigenvalue weighted by molar-refractivity contribution is 0.152. The van der Waals surface area contributed by atoms with Gasteiger partial charge in [-0.05, 0) is 19.4 Å². The van der Waals surface area contributed by atoms with Gasteiger partial charge in [0.15, 0.2) is 0 Å². The highest BCUT2D eigenvalue weighted by molar-refractivity contribution is 5.52. The summed E-state index contributed by atoms with van der Waals surface area (Å²) in [5.74, 6) is 0.218. The maximum atomic E-state index is 9.43. The summed E-state index contributed by atoms with van der Waals surface area (Å²) in [7, 11) is 0. The first-order valence-electron chi connectivity index (χ1n) is 5.02. The van der Waals surface area contributed by atoms with Crippen LogP contribution in [0.4, 0.5) is 0 Å². The van der Waals surface area contributed by atoms with E-state index in [0.29, 0.717) is 0 Å². The van der Waals surface area contributed by atoms with E-state index in [1.165, 1.54) is 11.1 Å². The van der Waals surface area contributed by atoms with Gasteiger partial charge >= 0.3 is 0 Å². The summed E-state index contributed by atoms with van der Waals surface area (Å²) in [5.41, 5.74) is 2.41. The van der Waals surface area contributed by atoms with Crippen molar-refractivity contribution in [2.24, 2.45) is 5.92 Å². The Hall–Kier alpha value is -1.08. The van der Waals surface area contributed by atoms with Crippen molar-refractivity contribution in [3.63, 3.8) is 0 Å². The first-order chi connectivity index (χ1) is 6.61. The van der Waals surface area contributed by atoms with Crippen LogP contribution in [-0.4, -0.2) is 11.2 Å². The first kappa shape index (κ1) is 11.0. The molecule has 0 aliphatic rings. The Morgan fingerprint density at radius 2 is 1.79 bits per heavy atom. The van der Waals surface area contributed by atoms with E-state index >= 15 is 0 Å². The molecule has 0 heterocycles. The number of benzene rings is 1. The molecule has 0 radical (unpaired) electrons. The van der Waals surface area contributed by atoms with Crippen LogP contribution in [0.5, 0.6) is 0 Å². The van der Waals surface area contributed by atoms with E-state index in [4.69, 9.17) is 0 Å². The van der Waals surface area contributed by atoms with Crippen LogP contribution in [0, 0.1) is 5.92 Å². The number of hydrogen-bond donors (Lipinski definition) is 1. The number of aliphatic hydroxyl groups is 1. The Labute approximate surface area is 86.1 Å². The summed E-state index contributed by atoms with van der Waals surface area (Å²) in [5, 5.41) is 9.43. The molecule has 0 fully saturated rings. The van der Waals surface area contributed by atoms with Gasteiger partial charge in [0.1, 0.15) is 0 Å². The van der Waals surface area contributed by atoms with E-state index in [1.54, 1.807) is 0 Å². The first-order valence-corrected chi connectivity index (χ1v) is 5.02. The molecule has 0 spiro atoms. The SMILES string of the molecule is C/C(=C\c1ccccc1)C(C)C(C)O. The fourth-order valence-corrected chi connectivity index (χ4v) is 1.32. The van der Waals surface area contributed by atoms with E-state index in [0.717, 1.165) is 0 Å². The molecule has 2 atom stereocenters. The van der Waals surface area contributed by atoms with Crippen molar-refractivity contribution in [2.75, 3.05) is 0 Å². The molecule has 0 bridgehead atoms. The molecule has 0 aliphatic carbocycles. The molecular weight excluding hydrogens is 172 g/mol. The van der Waals surface area contributed by atoms with Crippen molar-refractivity contribution in [3.05, 3.63) is 41.5 Å². The van der Waals surface area contributed by atoms with Crippen LogP contribution in [0.25, 0.3) is 6.08 Å². The smallest absolute Gasteiger partial charge is 0.0574 e. The van der Waals surface area contributed by atoms with Gasteiger partial charge in [0, 0.05) is 5.92 Å². The van der Waals surface area contributed by atoms with Crippen LogP contribution >= 0.6 is 0 Å². The van der Waals surface area contributed by atoms with Crippen molar-refractivity contribution >= 4 is 6.08 Å². The van der Waals surface area contributed by atoms with E-state index in [9.17, 15) is 5.11 Å². The molecule has 0 aliphatic heterocycles. The van der Waals surface area contributed by atoms with Gasteiger partial charge in [-0.2, -0.15) is 0 Å². The van der Waals surface area contributed by atoms with Gasteiger partial charge < -0.3 is 5.11 Å². The van der Waals surface area contributed by atoms with Crippen LogP contribution in [0.15, 0.2) is 35.9 Å². The lowest BCUT2D eigenvalue weighted by Gasteiger charge is -2.15. The highest BCUT2D eigenvalue weighted by Crippen LogP contribution is 2.17. The fourth-order valence-electron chi connectivity index (χ4n) is 1.32. The zero-order valence-electron chi connectivity index (χ0n) is 9.07. The van der Waals surface area contributed by atoms with Crippen LogP contribution < -0.4 is 0 Å². The maximum absolute atomic E-state index is 9.43. The molecular formula is C13H18O. The Morgan fingerprint density at radius 1 is 1.21 bits per heavy atom. The highest BCUT2D eigenvalue weighted by atomic mass is 16.3. The summed E-state index contributed by atoms with van der Waals surface area (Å²) < 4.78 is 0. The van der Waals surface area contributed by atoms with Gasteiger partial charge in [0.2, 0.25) is 0 Å². The van der Waals surface area contributed by atoms with Crippen molar-refractivity contribution in [2.45, 2.75) is 26.9 Å². The second kappa shape index (κ2) is 4.97. The minimum atomic E-state index is -0.282. The van der Waals surface area contributed by atoms with E-state index in [2.05, 4.69) is 25.1 Å². The minimum absolute atomic E-state index is 0.218. The molecule has 76 valence electrons. The standard InChI is InChI=1S/C13H18O/c1-10(11(2)12(3)14)9-13-7-5-4-6-8-13/h4-9,11-12,14H,1-3H3/b10-9+. The molecule has 2 unspecified atom stereocenters. The van der Waals surface area contributed by atoms with Crippen molar-refractivity contribution in [3.8, 4) is 0 Å². The third-order valence-electron chi connectivity index (χ3n) is 2.64. The van der Waals surface area contributed by atoms with Crippen LogP contribution in [-0.2, 0) is 0 Å². The molecule has 1 heteroatoms. The second-order valence-corrected chi connectivity index (χ2v) is 3.83. The van der Waals surface area contributed by atoms with Crippen LogP contribution in [0.2, 0.25) is 0 Å². The topological polar surface area (TPSA) is 20.2 Å². The summed E-state index contributed by atoms with van der Waals surface area (Å²) in [6, 6.07) is 10.2. The molecule has 1 aromatic rings. The molecule has 0 saturated heterocycles. The third-order valence-corrected chi connectivity index (χ3v) is 2.64. The highest BCUT2D eigenvalue weighted by Gasteiger charge is 2.09. The fraction of sp³-hybridized carbons (Fsp3) is 0.385. The normalized spacial score (nSPS) is 16.4. The molecule has 0 aromatic heterocycles. The van der Waals surface area contributed by atoms with Crippen LogP contribution in [0.1, 0.15) is 26.3 Å². The third kappa shape index (κ3) is 3.00. The zero-order chi connectivity index (χ0) is 10.6. The maximum Gasteiger partial charge on any atom is 0.0574 e. The lowest BCUT2D eigenvalue weighted by atomic mass is 9.96. The minimum Gasteiger partial charge on any atom is -0.393 e. The van der Waals surface area contributed by atoms with Gasteiger partial charge in [-0.1, -0.05) is 48.9 Å². The van der Waals surface area contributed by atoms with Gasteiger partial charge in [0.05, 0.1) is 6.10 Å². The van der Waals surface area contributed by atoms with Gasteiger partial charge in [-0.3, -0.25) is 0 Å². The largest absolute Gasteiger partial charge is 0.393 e. The summed E-state index contributed by atoms with van der Waals surface area (Å²) in [6.07, 6.45) is 1.84. The molecule has 1 N–H and O–H groups in total. The predicted molar refractivity (Wildman–Crippen MR) is 60.9 cm³/mol. The molecule has 1 rings (SSSR count). The predicted octanol–water partition coefficient (Wildman–Crippen LogP) is 3.11. The average molecular weight is 190 g/mol. The van der Waals surface area contributed by atoms with Crippen molar-refractivity contribution in [1.82, 2.24) is 0 Å². The molecule has 0 saturated carbocycles. The molecule has 14 heavy (non-hydrogen) atoms. The Morgan fingerprint density at radius 3 is 2.29 bits per heavy atom. The van der Waals surface area contributed by atoms with Crippen LogP contribution in [0.3, 0.4) is 0 Å². The van der Waals surface area contributed by atoms with Gasteiger partial charge in [-0.25, -0.2) is 0 Å². The Kier molecular flexibility index (Phi) is 3.90. The van der Waals surface area contributed by atoms with E-state index < -0.39 is 0 Å². The van der Waals surface area contributed by atoms with Gasteiger partial charge in [-0.15, -0.1) is 0 Å². The lowest BCUT2D eigenvalue weighted by Crippen LogP contribution is -2.13. The number of aliphatic hydroxyl groups excluding tert-OH is 1. The van der Waals surface area contributed by atoms with E-state index in [-0.39, 0.29) is 12.0 Å². The average Bonchev–Trinajstić information content (AvgIpc) is 2.18. The molecule has 1 nitrogen and oxygen atoms in total. The van der Waals surface area contributed by atoms with Crippen molar-refractivity contribution < 1.29 is 5.11 Å². The summed E-state index contributed by atoms with van der Waals surface area (Å²) >= 11 is 0. The van der Waals surface area contributed by atoms with Crippen molar-refractivity contribution in [1.29, 1.82) is 0 Å². The van der Waals surface area contributed by atoms with Gasteiger partial charge in [0.25, 0.3) is 0 Å². The monoisotopic (exact) mass is 190 g/mol. The Balaban J connectivity index is 2.79. The summed E-state index contributed by atoms with van der Waals surface area (Å²) in [6.45, 7) is 5.93. The summed E-state index contributed by atoms with van der Waals surface area (Å²) in [4.78, 5) is 0. The molecule has 0 amide bonds. The second-order valence-electron chi connectivity index (χ2n) is 3.83. The number of rotatable bonds is 3.